The van der Waals surface area contributed by atoms with Crippen LogP contribution < -0.4 is 4.74 Å². The van der Waals surface area contributed by atoms with E-state index in [2.05, 4.69) is 4.90 Å². The van der Waals surface area contributed by atoms with Crippen LogP contribution in [0, 0.1) is 0 Å². The Hall–Kier alpha value is -3.36. The fourth-order valence-electron chi connectivity index (χ4n) is 5.14. The largest absolute Gasteiger partial charge is 0.508 e. The zero-order chi connectivity index (χ0) is 26.0. The van der Waals surface area contributed by atoms with Gasteiger partial charge in [-0.1, -0.05) is 24.3 Å². The van der Waals surface area contributed by atoms with Crippen LogP contribution >= 0.6 is 0 Å². The summed E-state index contributed by atoms with van der Waals surface area (Å²) in [5.41, 5.74) is 2.62. The number of sulfone groups is 1. The highest BCUT2D eigenvalue weighted by Crippen LogP contribution is 2.44. The molecule has 1 saturated heterocycles. The Kier molecular flexibility index (Phi) is 7.22. The number of benzene rings is 3. The van der Waals surface area contributed by atoms with Crippen LogP contribution in [0.1, 0.15) is 41.2 Å². The van der Waals surface area contributed by atoms with Crippen molar-refractivity contribution in [1.82, 2.24) is 4.90 Å². The second kappa shape index (κ2) is 10.6. The van der Waals surface area contributed by atoms with Gasteiger partial charge in [0.1, 0.15) is 23.4 Å². The first-order valence-electron chi connectivity index (χ1n) is 12.5. The molecule has 0 aromatic heterocycles. The van der Waals surface area contributed by atoms with Crippen molar-refractivity contribution in [3.8, 4) is 17.2 Å². The molecular weight excluding hydrogens is 493 g/mol. The molecule has 0 aliphatic carbocycles. The van der Waals surface area contributed by atoms with Crippen LogP contribution in [0.5, 0.6) is 17.2 Å². The van der Waals surface area contributed by atoms with E-state index in [9.17, 15) is 23.0 Å². The highest BCUT2D eigenvalue weighted by Gasteiger charge is 2.35. The van der Waals surface area contributed by atoms with E-state index in [1.165, 1.54) is 12.1 Å². The van der Waals surface area contributed by atoms with Crippen LogP contribution in [0.3, 0.4) is 0 Å². The molecule has 2 aliphatic rings. The number of hydrogen-bond donors (Lipinski definition) is 2. The minimum Gasteiger partial charge on any atom is -0.508 e. The molecule has 2 aliphatic heterocycles. The zero-order valence-electron chi connectivity index (χ0n) is 20.4. The second-order valence-electron chi connectivity index (χ2n) is 9.62. The van der Waals surface area contributed by atoms with E-state index in [0.717, 1.165) is 37.2 Å². The third-order valence-electron chi connectivity index (χ3n) is 7.02. The van der Waals surface area contributed by atoms with Gasteiger partial charge in [-0.2, -0.15) is 0 Å². The molecule has 3 aromatic carbocycles. The first-order valence-corrected chi connectivity index (χ1v) is 14.0. The van der Waals surface area contributed by atoms with Gasteiger partial charge in [0, 0.05) is 19.6 Å². The Morgan fingerprint density at radius 2 is 1.78 bits per heavy atom. The van der Waals surface area contributed by atoms with E-state index < -0.39 is 15.1 Å². The van der Waals surface area contributed by atoms with Crippen molar-refractivity contribution < 1.29 is 27.8 Å². The summed E-state index contributed by atoms with van der Waals surface area (Å²) in [6.07, 6.45) is 3.42. The number of ether oxygens (including phenoxy) is 1. The number of phenolic OH excluding ortho intramolecular Hbond substituents is 2. The van der Waals surface area contributed by atoms with E-state index in [4.69, 9.17) is 4.74 Å². The van der Waals surface area contributed by atoms with Gasteiger partial charge >= 0.3 is 0 Å². The van der Waals surface area contributed by atoms with Crippen molar-refractivity contribution in [3.05, 3.63) is 83.4 Å². The fourth-order valence-corrected chi connectivity index (χ4v) is 7.10. The van der Waals surface area contributed by atoms with Gasteiger partial charge in [-0.15, -0.1) is 0 Å². The van der Waals surface area contributed by atoms with Gasteiger partial charge < -0.3 is 14.9 Å². The Labute approximate surface area is 216 Å². The molecule has 2 heterocycles. The van der Waals surface area contributed by atoms with Gasteiger partial charge in [-0.25, -0.2) is 8.42 Å². The minimum absolute atomic E-state index is 0.0159. The number of hydrogen-bond acceptors (Lipinski definition) is 6. The number of halogens is 1. The number of rotatable bonds is 7. The molecule has 8 heteroatoms. The number of nitrogens with zero attached hydrogens (tertiary/aromatic N) is 1. The maximum atomic E-state index is 13.8. The number of aromatic hydroxyl groups is 2. The summed E-state index contributed by atoms with van der Waals surface area (Å²) in [6.45, 7) is 2.03. The first kappa shape index (κ1) is 25.3. The molecule has 1 fully saturated rings. The number of alkyl halides is 1. The Bertz CT molecular complexity index is 1400. The number of fused-ring (bicyclic) bond motifs is 1. The topological polar surface area (TPSA) is 87.1 Å². The number of allylic oxidation sites excluding steroid dienone is 1. The van der Waals surface area contributed by atoms with Crippen molar-refractivity contribution in [1.29, 1.82) is 0 Å². The molecule has 194 valence electrons. The summed E-state index contributed by atoms with van der Waals surface area (Å²) < 4.78 is 46.3. The van der Waals surface area contributed by atoms with Gasteiger partial charge in [0.25, 0.3) is 0 Å². The van der Waals surface area contributed by atoms with Crippen LogP contribution in [0.4, 0.5) is 4.39 Å². The van der Waals surface area contributed by atoms with E-state index in [0.29, 0.717) is 23.3 Å². The Morgan fingerprint density at radius 3 is 2.54 bits per heavy atom. The van der Waals surface area contributed by atoms with E-state index >= 15 is 0 Å². The SMILES string of the molecule is O=S1(=O)c2cc(O)ccc2C=C(c2cccc(O)c2)CC1c1ccc(O[C@H]2CCN(CCCF)C2)cc1. The summed E-state index contributed by atoms with van der Waals surface area (Å²) >= 11 is 0. The molecule has 0 radical (unpaired) electrons. The molecular formula is C29H30FNO5S. The molecule has 0 amide bonds. The lowest BCUT2D eigenvalue weighted by Gasteiger charge is -2.20. The standard InChI is InChI=1S/C29H30FNO5S/c30-12-2-13-31-14-11-27(19-31)36-26-9-6-20(7-10-26)28-17-23(21-3-1-4-24(32)16-21)15-22-5-8-25(33)18-29(22)37(28,34)35/h1,3-10,15-16,18,27-28,32-33H,2,11-14,17,19H2/t27-,28?/m0/s1. The summed E-state index contributed by atoms with van der Waals surface area (Å²) in [5, 5.41) is 19.2. The second-order valence-corrected chi connectivity index (χ2v) is 11.7. The molecule has 37 heavy (non-hydrogen) atoms. The maximum absolute atomic E-state index is 13.8. The van der Waals surface area contributed by atoms with Crippen LogP contribution in [0.15, 0.2) is 71.6 Å². The van der Waals surface area contributed by atoms with Crippen LogP contribution in [0.2, 0.25) is 0 Å². The van der Waals surface area contributed by atoms with Crippen LogP contribution in [0.25, 0.3) is 11.6 Å². The number of phenols is 2. The lowest BCUT2D eigenvalue weighted by Crippen LogP contribution is -2.26. The summed E-state index contributed by atoms with van der Waals surface area (Å²) in [5.74, 6) is 0.648. The summed E-state index contributed by atoms with van der Waals surface area (Å²) in [6, 6.07) is 18.3. The van der Waals surface area contributed by atoms with Crippen molar-refractivity contribution in [2.75, 3.05) is 26.3 Å². The smallest absolute Gasteiger partial charge is 0.186 e. The van der Waals surface area contributed by atoms with Gasteiger partial charge in [-0.3, -0.25) is 9.29 Å². The first-order chi connectivity index (χ1) is 17.8. The number of likely N-dealkylation sites (tertiary alicyclic amines) is 1. The third kappa shape index (κ3) is 5.50. The maximum Gasteiger partial charge on any atom is 0.186 e. The quantitative estimate of drug-likeness (QED) is 0.433. The van der Waals surface area contributed by atoms with E-state index in [1.54, 1.807) is 48.5 Å². The summed E-state index contributed by atoms with van der Waals surface area (Å²) in [7, 11) is -3.85. The fraction of sp³-hybridized carbons (Fsp3) is 0.310. The van der Waals surface area contributed by atoms with E-state index in [1.807, 2.05) is 12.1 Å². The molecule has 0 bridgehead atoms. The molecule has 5 rings (SSSR count). The van der Waals surface area contributed by atoms with E-state index in [-0.39, 0.29) is 35.6 Å². The van der Waals surface area contributed by atoms with Gasteiger partial charge in [-0.05, 0) is 90.1 Å². The highest BCUT2D eigenvalue weighted by atomic mass is 32.2. The normalized spacial score (nSPS) is 21.2. The molecule has 2 atom stereocenters. The lowest BCUT2D eigenvalue weighted by atomic mass is 9.96. The molecule has 1 unspecified atom stereocenters. The van der Waals surface area contributed by atoms with Crippen molar-refractivity contribution in [2.45, 2.75) is 35.5 Å². The Morgan fingerprint density at radius 1 is 1.00 bits per heavy atom. The predicted molar refractivity (Wildman–Crippen MR) is 141 cm³/mol. The summed E-state index contributed by atoms with van der Waals surface area (Å²) in [4.78, 5) is 2.27. The van der Waals surface area contributed by atoms with Crippen molar-refractivity contribution >= 4 is 21.5 Å². The van der Waals surface area contributed by atoms with Crippen molar-refractivity contribution in [2.24, 2.45) is 0 Å². The minimum atomic E-state index is -3.85. The van der Waals surface area contributed by atoms with Gasteiger partial charge in [0.05, 0.1) is 16.8 Å². The Balaban J connectivity index is 1.44. The highest BCUT2D eigenvalue weighted by molar-refractivity contribution is 7.91. The van der Waals surface area contributed by atoms with Crippen molar-refractivity contribution in [3.63, 3.8) is 0 Å². The molecule has 0 saturated carbocycles. The predicted octanol–water partition coefficient (Wildman–Crippen LogP) is 5.37. The lowest BCUT2D eigenvalue weighted by molar-refractivity contribution is 0.198. The molecule has 3 aromatic rings. The van der Waals surface area contributed by atoms with Gasteiger partial charge in [0.15, 0.2) is 9.84 Å². The zero-order valence-corrected chi connectivity index (χ0v) is 21.2. The van der Waals surface area contributed by atoms with Gasteiger partial charge in [0.2, 0.25) is 0 Å². The average Bonchev–Trinajstić information content (AvgIpc) is 3.29. The van der Waals surface area contributed by atoms with Crippen LogP contribution in [-0.2, 0) is 9.84 Å². The van der Waals surface area contributed by atoms with Crippen LogP contribution in [-0.4, -0.2) is 55.9 Å². The monoisotopic (exact) mass is 523 g/mol. The molecule has 0 spiro atoms. The third-order valence-corrected chi connectivity index (χ3v) is 9.18. The molecule has 2 N–H and O–H groups in total. The molecule has 6 nitrogen and oxygen atoms in total. The average molecular weight is 524 g/mol.